The smallest absolute Gasteiger partial charge is 0.0260 e. The van der Waals surface area contributed by atoms with Crippen LogP contribution >= 0.6 is 0 Å². The van der Waals surface area contributed by atoms with Crippen molar-refractivity contribution in [1.82, 2.24) is 0 Å². The van der Waals surface area contributed by atoms with Gasteiger partial charge in [0.1, 0.15) is 0 Å². The average molecular weight is 111 g/mol. The lowest BCUT2D eigenvalue weighted by Crippen LogP contribution is -1.90. The molecule has 0 heterocycles. The zero-order valence-electron chi connectivity index (χ0n) is 6.07. The van der Waals surface area contributed by atoms with Gasteiger partial charge in [-0.05, 0) is 19.3 Å². The monoisotopic (exact) mass is 111 g/mol. The largest absolute Gasteiger partial charge is 0.0848 e. The van der Waals surface area contributed by atoms with Crippen molar-refractivity contribution >= 4 is 0 Å². The van der Waals surface area contributed by atoms with Crippen LogP contribution in [0.4, 0.5) is 0 Å². The molecule has 0 fully saturated rings. The molecular weight excluding hydrogens is 96.1 g/mol. The van der Waals surface area contributed by atoms with Crippen LogP contribution in [0, 0.1) is 12.8 Å². The third kappa shape index (κ3) is 2.15. The molecule has 0 amide bonds. The lowest BCUT2D eigenvalue weighted by molar-refractivity contribution is 0.732. The maximum atomic E-state index is 3.72. The van der Waals surface area contributed by atoms with Crippen LogP contribution in [0.1, 0.15) is 27.2 Å². The van der Waals surface area contributed by atoms with Crippen LogP contribution in [0.15, 0.2) is 11.6 Å². The molecule has 0 aromatic carbocycles. The number of rotatable bonds is 2. The molecule has 47 valence electrons. The predicted molar refractivity (Wildman–Crippen MR) is 38.6 cm³/mol. The molecule has 0 saturated heterocycles. The number of allylic oxidation sites excluding steroid dienone is 2. The molecule has 0 N–H and O–H groups in total. The van der Waals surface area contributed by atoms with E-state index in [1.807, 2.05) is 6.08 Å². The summed E-state index contributed by atoms with van der Waals surface area (Å²) in [5.41, 5.74) is 1.45. The van der Waals surface area contributed by atoms with Crippen molar-refractivity contribution in [3.05, 3.63) is 18.6 Å². The van der Waals surface area contributed by atoms with Crippen LogP contribution < -0.4 is 0 Å². The first kappa shape index (κ1) is 7.74. The minimum atomic E-state index is 0.678. The zero-order valence-corrected chi connectivity index (χ0v) is 6.07. The maximum absolute atomic E-state index is 3.72. The molecule has 8 heavy (non-hydrogen) atoms. The molecule has 0 aliphatic carbocycles. The Kier molecular flexibility index (Phi) is 3.59. The van der Waals surface area contributed by atoms with Gasteiger partial charge in [0.25, 0.3) is 0 Å². The van der Waals surface area contributed by atoms with Crippen molar-refractivity contribution in [3.63, 3.8) is 0 Å². The highest BCUT2D eigenvalue weighted by molar-refractivity contribution is 5.05. The predicted octanol–water partition coefficient (Wildman–Crippen LogP) is 2.81. The van der Waals surface area contributed by atoms with Gasteiger partial charge >= 0.3 is 0 Å². The zero-order chi connectivity index (χ0) is 6.57. The van der Waals surface area contributed by atoms with Gasteiger partial charge in [-0.1, -0.05) is 32.4 Å². The van der Waals surface area contributed by atoms with Crippen molar-refractivity contribution < 1.29 is 0 Å². The molecule has 0 aromatic rings. The van der Waals surface area contributed by atoms with Gasteiger partial charge in [-0.25, -0.2) is 0 Å². The quantitative estimate of drug-likeness (QED) is 0.514. The third-order valence-electron chi connectivity index (χ3n) is 1.41. The highest BCUT2D eigenvalue weighted by Gasteiger charge is 1.95. The molecule has 0 aliphatic heterocycles. The fourth-order valence-corrected chi connectivity index (χ4v) is 0.788. The van der Waals surface area contributed by atoms with E-state index in [-0.39, 0.29) is 0 Å². The summed E-state index contributed by atoms with van der Waals surface area (Å²) in [5.74, 6) is 0.678. The summed E-state index contributed by atoms with van der Waals surface area (Å²) in [7, 11) is 0. The Morgan fingerprint density at radius 3 is 2.12 bits per heavy atom. The van der Waals surface area contributed by atoms with Crippen molar-refractivity contribution in [1.29, 1.82) is 0 Å². The number of hydrogen-bond acceptors (Lipinski definition) is 0. The standard InChI is InChI=1S/C8H15/c1-5-8(6-2)7(3)4/h5,7H,1,6H2,2-4H3. The molecule has 0 aromatic heterocycles. The molecule has 0 rings (SSSR count). The summed E-state index contributed by atoms with van der Waals surface area (Å²) < 4.78 is 0. The van der Waals surface area contributed by atoms with Crippen LogP contribution in [0.3, 0.4) is 0 Å². The van der Waals surface area contributed by atoms with Gasteiger partial charge in [-0.2, -0.15) is 0 Å². The molecule has 0 nitrogen and oxygen atoms in total. The summed E-state index contributed by atoms with van der Waals surface area (Å²) in [6, 6.07) is 0. The Hall–Kier alpha value is -0.260. The first-order chi connectivity index (χ1) is 3.72. The molecule has 0 spiro atoms. The van der Waals surface area contributed by atoms with Gasteiger partial charge in [0.2, 0.25) is 0 Å². The SMILES string of the molecule is [CH2]C=C(CC)C(C)C. The van der Waals surface area contributed by atoms with Crippen LogP contribution in [-0.2, 0) is 0 Å². The highest BCUT2D eigenvalue weighted by atomic mass is 14.0. The van der Waals surface area contributed by atoms with Crippen LogP contribution in [-0.4, -0.2) is 0 Å². The molecule has 0 heteroatoms. The minimum absolute atomic E-state index is 0.678. The van der Waals surface area contributed by atoms with E-state index in [1.54, 1.807) is 0 Å². The summed E-state index contributed by atoms with van der Waals surface area (Å²) in [6.45, 7) is 10.3. The van der Waals surface area contributed by atoms with Crippen molar-refractivity contribution in [2.45, 2.75) is 27.2 Å². The van der Waals surface area contributed by atoms with Gasteiger partial charge < -0.3 is 0 Å². The summed E-state index contributed by atoms with van der Waals surface area (Å²) in [6.07, 6.45) is 3.10. The highest BCUT2D eigenvalue weighted by Crippen LogP contribution is 2.11. The first-order valence-electron chi connectivity index (χ1n) is 3.20. The average Bonchev–Trinajstić information content (AvgIpc) is 1.69. The minimum Gasteiger partial charge on any atom is -0.0848 e. The molecule has 0 unspecified atom stereocenters. The van der Waals surface area contributed by atoms with E-state index in [4.69, 9.17) is 0 Å². The third-order valence-corrected chi connectivity index (χ3v) is 1.41. The Balaban J connectivity index is 3.72. The Morgan fingerprint density at radius 2 is 2.12 bits per heavy atom. The van der Waals surface area contributed by atoms with E-state index in [0.717, 1.165) is 6.42 Å². The Labute approximate surface area is 52.6 Å². The van der Waals surface area contributed by atoms with E-state index in [1.165, 1.54) is 5.57 Å². The Morgan fingerprint density at radius 1 is 1.62 bits per heavy atom. The normalized spacial score (nSPS) is 12.9. The van der Waals surface area contributed by atoms with Gasteiger partial charge in [0.05, 0.1) is 0 Å². The van der Waals surface area contributed by atoms with Crippen LogP contribution in [0.2, 0.25) is 0 Å². The van der Waals surface area contributed by atoms with E-state index < -0.39 is 0 Å². The topological polar surface area (TPSA) is 0 Å². The molecule has 0 saturated carbocycles. The molecule has 1 radical (unpaired) electrons. The summed E-state index contributed by atoms with van der Waals surface area (Å²) in [5, 5.41) is 0. The summed E-state index contributed by atoms with van der Waals surface area (Å²) >= 11 is 0. The fraction of sp³-hybridized carbons (Fsp3) is 0.625. The van der Waals surface area contributed by atoms with E-state index in [0.29, 0.717) is 5.92 Å². The van der Waals surface area contributed by atoms with Gasteiger partial charge in [0.15, 0.2) is 0 Å². The first-order valence-corrected chi connectivity index (χ1v) is 3.20. The second-order valence-corrected chi connectivity index (χ2v) is 2.29. The lowest BCUT2D eigenvalue weighted by atomic mass is 10.0. The van der Waals surface area contributed by atoms with Crippen molar-refractivity contribution in [2.24, 2.45) is 5.92 Å². The van der Waals surface area contributed by atoms with E-state index >= 15 is 0 Å². The lowest BCUT2D eigenvalue weighted by Gasteiger charge is -2.05. The molecule has 0 bridgehead atoms. The second kappa shape index (κ2) is 3.71. The molecule has 0 atom stereocenters. The Bertz CT molecular complexity index is 78.0. The molecular formula is C8H15. The number of hydrogen-bond donors (Lipinski definition) is 0. The van der Waals surface area contributed by atoms with E-state index in [2.05, 4.69) is 27.7 Å². The summed E-state index contributed by atoms with van der Waals surface area (Å²) in [4.78, 5) is 0. The van der Waals surface area contributed by atoms with Crippen molar-refractivity contribution in [3.8, 4) is 0 Å². The van der Waals surface area contributed by atoms with Gasteiger partial charge in [-0.3, -0.25) is 0 Å². The van der Waals surface area contributed by atoms with Gasteiger partial charge in [-0.15, -0.1) is 0 Å². The van der Waals surface area contributed by atoms with Gasteiger partial charge in [0, 0.05) is 0 Å². The van der Waals surface area contributed by atoms with Crippen LogP contribution in [0.25, 0.3) is 0 Å². The van der Waals surface area contributed by atoms with Crippen molar-refractivity contribution in [2.75, 3.05) is 0 Å². The van der Waals surface area contributed by atoms with Crippen LogP contribution in [0.5, 0.6) is 0 Å². The maximum Gasteiger partial charge on any atom is -0.0260 e. The van der Waals surface area contributed by atoms with E-state index in [9.17, 15) is 0 Å². The second-order valence-electron chi connectivity index (χ2n) is 2.29. The molecule has 0 aliphatic rings. The fourth-order valence-electron chi connectivity index (χ4n) is 0.788.